The molecule has 0 aliphatic rings. The Bertz CT molecular complexity index is 754. The number of hydrogen-bond donors (Lipinski definition) is 0. The van der Waals surface area contributed by atoms with E-state index in [1.165, 1.54) is 29.2 Å². The lowest BCUT2D eigenvalue weighted by atomic mass is 10.1. The third-order valence-corrected chi connectivity index (χ3v) is 3.40. The van der Waals surface area contributed by atoms with Crippen LogP contribution >= 0.6 is 0 Å². The van der Waals surface area contributed by atoms with Crippen LogP contribution in [0, 0.1) is 10.1 Å². The Morgan fingerprint density at radius 3 is 2.08 bits per heavy atom. The molecule has 0 radical (unpaired) electrons. The van der Waals surface area contributed by atoms with Crippen LogP contribution < -0.4 is 4.90 Å². The first-order valence-corrected chi connectivity index (χ1v) is 7.23. The molecule has 0 spiro atoms. The Balaban J connectivity index is 2.15. The minimum Gasteiger partial charge on any atom is -0.462 e. The van der Waals surface area contributed by atoms with Crippen molar-refractivity contribution in [3.05, 3.63) is 69.8 Å². The van der Waals surface area contributed by atoms with Crippen molar-refractivity contribution >= 4 is 23.3 Å². The number of esters is 1. The Hall–Kier alpha value is -3.22. The van der Waals surface area contributed by atoms with Crippen LogP contribution in [0.1, 0.15) is 27.6 Å². The third kappa shape index (κ3) is 3.75. The SMILES string of the molecule is CCOC(=O)c1ccc(N(C)C(=O)c2ccc([N+](=O)[O-])cc2)cc1. The van der Waals surface area contributed by atoms with E-state index in [-0.39, 0.29) is 11.6 Å². The Morgan fingerprint density at radius 1 is 1.04 bits per heavy atom. The van der Waals surface area contributed by atoms with Crippen LogP contribution in [0.25, 0.3) is 0 Å². The maximum atomic E-state index is 12.4. The number of anilines is 1. The van der Waals surface area contributed by atoms with E-state index in [2.05, 4.69) is 0 Å². The van der Waals surface area contributed by atoms with Gasteiger partial charge >= 0.3 is 5.97 Å². The molecule has 0 aromatic heterocycles. The van der Waals surface area contributed by atoms with Crippen LogP contribution in [0.4, 0.5) is 11.4 Å². The van der Waals surface area contributed by atoms with Crippen LogP contribution in [0.15, 0.2) is 48.5 Å². The van der Waals surface area contributed by atoms with Crippen molar-refractivity contribution in [2.45, 2.75) is 6.92 Å². The summed E-state index contributed by atoms with van der Waals surface area (Å²) in [5.74, 6) is -0.734. The second-order valence-corrected chi connectivity index (χ2v) is 4.94. The number of hydrogen-bond acceptors (Lipinski definition) is 5. The van der Waals surface area contributed by atoms with E-state index in [9.17, 15) is 19.7 Å². The predicted octanol–water partition coefficient (Wildman–Crippen LogP) is 3.05. The first-order valence-electron chi connectivity index (χ1n) is 7.23. The molecule has 0 atom stereocenters. The Labute approximate surface area is 138 Å². The zero-order chi connectivity index (χ0) is 17.7. The van der Waals surface area contributed by atoms with E-state index >= 15 is 0 Å². The van der Waals surface area contributed by atoms with Gasteiger partial charge in [-0.1, -0.05) is 0 Å². The maximum Gasteiger partial charge on any atom is 0.338 e. The normalized spacial score (nSPS) is 10.1. The molecule has 0 N–H and O–H groups in total. The molecular weight excluding hydrogens is 312 g/mol. The van der Waals surface area contributed by atoms with E-state index in [4.69, 9.17) is 4.74 Å². The highest BCUT2D eigenvalue weighted by Crippen LogP contribution is 2.19. The molecule has 2 aromatic carbocycles. The topological polar surface area (TPSA) is 89.8 Å². The fourth-order valence-corrected chi connectivity index (χ4v) is 2.07. The largest absolute Gasteiger partial charge is 0.462 e. The summed E-state index contributed by atoms with van der Waals surface area (Å²) in [6.45, 7) is 2.02. The zero-order valence-electron chi connectivity index (χ0n) is 13.3. The lowest BCUT2D eigenvalue weighted by Gasteiger charge is -2.17. The van der Waals surface area contributed by atoms with Gasteiger partial charge in [0.1, 0.15) is 0 Å². The van der Waals surface area contributed by atoms with Gasteiger partial charge in [-0.2, -0.15) is 0 Å². The van der Waals surface area contributed by atoms with Gasteiger partial charge in [0, 0.05) is 30.4 Å². The van der Waals surface area contributed by atoms with Crippen molar-refractivity contribution in [3.8, 4) is 0 Å². The standard InChI is InChI=1S/C17H16N2O5/c1-3-24-17(21)13-6-8-14(9-7-13)18(2)16(20)12-4-10-15(11-5-12)19(22)23/h4-11H,3H2,1-2H3. The molecule has 0 saturated carbocycles. The molecule has 0 bridgehead atoms. The van der Waals surface area contributed by atoms with Crippen molar-refractivity contribution < 1.29 is 19.2 Å². The second kappa shape index (κ2) is 7.36. The number of non-ortho nitro benzene ring substituents is 1. The molecule has 0 unspecified atom stereocenters. The molecule has 0 fully saturated rings. The monoisotopic (exact) mass is 328 g/mol. The summed E-state index contributed by atoms with van der Waals surface area (Å²) in [6.07, 6.45) is 0. The number of ether oxygens (including phenoxy) is 1. The quantitative estimate of drug-likeness (QED) is 0.478. The van der Waals surface area contributed by atoms with Crippen molar-refractivity contribution in [1.82, 2.24) is 0 Å². The molecule has 7 nitrogen and oxygen atoms in total. The summed E-state index contributed by atoms with van der Waals surface area (Å²) in [5, 5.41) is 10.6. The fraction of sp³-hybridized carbons (Fsp3) is 0.176. The van der Waals surface area contributed by atoms with E-state index < -0.39 is 10.9 Å². The van der Waals surface area contributed by atoms with Crippen molar-refractivity contribution in [3.63, 3.8) is 0 Å². The molecule has 24 heavy (non-hydrogen) atoms. The number of rotatable bonds is 5. The molecule has 7 heteroatoms. The summed E-state index contributed by atoms with van der Waals surface area (Å²) < 4.78 is 4.90. The van der Waals surface area contributed by atoms with Crippen LogP contribution in [0.5, 0.6) is 0 Å². The van der Waals surface area contributed by atoms with Gasteiger partial charge in [-0.05, 0) is 43.3 Å². The summed E-state index contributed by atoms with van der Waals surface area (Å²) in [5.41, 5.74) is 1.24. The number of benzene rings is 2. The summed E-state index contributed by atoms with van der Waals surface area (Å²) in [4.78, 5) is 35.5. The van der Waals surface area contributed by atoms with Gasteiger partial charge in [0.15, 0.2) is 0 Å². The number of nitrogens with zero attached hydrogens (tertiary/aromatic N) is 2. The third-order valence-electron chi connectivity index (χ3n) is 3.40. The van der Waals surface area contributed by atoms with Gasteiger partial charge in [-0.15, -0.1) is 0 Å². The number of nitro benzene ring substituents is 1. The van der Waals surface area contributed by atoms with E-state index in [0.717, 1.165) is 0 Å². The summed E-state index contributed by atoms with van der Waals surface area (Å²) in [7, 11) is 1.59. The van der Waals surface area contributed by atoms with Crippen molar-refractivity contribution in [2.75, 3.05) is 18.6 Å². The molecule has 1 amide bonds. The van der Waals surface area contributed by atoms with Gasteiger partial charge in [-0.25, -0.2) is 4.79 Å². The summed E-state index contributed by atoms with van der Waals surface area (Å²) in [6, 6.07) is 11.8. The van der Waals surface area contributed by atoms with Crippen LogP contribution in [-0.4, -0.2) is 30.5 Å². The molecule has 0 heterocycles. The minimum absolute atomic E-state index is 0.0759. The zero-order valence-corrected chi connectivity index (χ0v) is 13.3. The average molecular weight is 328 g/mol. The van der Waals surface area contributed by atoms with Gasteiger partial charge in [0.25, 0.3) is 11.6 Å². The number of nitro groups is 1. The van der Waals surface area contributed by atoms with Gasteiger partial charge in [-0.3, -0.25) is 14.9 Å². The molecule has 0 aliphatic carbocycles. The minimum atomic E-state index is -0.522. The highest BCUT2D eigenvalue weighted by Gasteiger charge is 2.16. The van der Waals surface area contributed by atoms with Crippen LogP contribution in [0.3, 0.4) is 0 Å². The lowest BCUT2D eigenvalue weighted by molar-refractivity contribution is -0.384. The van der Waals surface area contributed by atoms with Crippen LogP contribution in [0.2, 0.25) is 0 Å². The first-order chi connectivity index (χ1) is 11.4. The molecule has 2 rings (SSSR count). The molecular formula is C17H16N2O5. The number of carbonyl (C=O) groups is 2. The molecule has 124 valence electrons. The predicted molar refractivity (Wildman–Crippen MR) is 88.2 cm³/mol. The van der Waals surface area contributed by atoms with Crippen LogP contribution in [-0.2, 0) is 4.74 Å². The lowest BCUT2D eigenvalue weighted by Crippen LogP contribution is -2.26. The van der Waals surface area contributed by atoms with Gasteiger partial charge in [0.05, 0.1) is 17.1 Å². The second-order valence-electron chi connectivity index (χ2n) is 4.94. The van der Waals surface area contributed by atoms with E-state index in [0.29, 0.717) is 23.4 Å². The smallest absolute Gasteiger partial charge is 0.338 e. The molecule has 0 aliphatic heterocycles. The maximum absolute atomic E-state index is 12.4. The molecule has 0 saturated heterocycles. The van der Waals surface area contributed by atoms with Crippen molar-refractivity contribution in [1.29, 1.82) is 0 Å². The fourth-order valence-electron chi connectivity index (χ4n) is 2.07. The van der Waals surface area contributed by atoms with Gasteiger partial charge in [0.2, 0.25) is 0 Å². The number of amides is 1. The average Bonchev–Trinajstić information content (AvgIpc) is 2.61. The summed E-state index contributed by atoms with van der Waals surface area (Å²) >= 11 is 0. The Morgan fingerprint density at radius 2 is 1.58 bits per heavy atom. The highest BCUT2D eigenvalue weighted by molar-refractivity contribution is 6.06. The van der Waals surface area contributed by atoms with E-state index in [1.54, 1.807) is 38.2 Å². The van der Waals surface area contributed by atoms with Gasteiger partial charge < -0.3 is 9.64 Å². The van der Waals surface area contributed by atoms with E-state index in [1.807, 2.05) is 0 Å². The van der Waals surface area contributed by atoms with Crippen molar-refractivity contribution in [2.24, 2.45) is 0 Å². The Kier molecular flexibility index (Phi) is 5.26. The molecule has 2 aromatic rings. The number of carbonyl (C=O) groups excluding carboxylic acids is 2. The first kappa shape index (κ1) is 17.1. The highest BCUT2D eigenvalue weighted by atomic mass is 16.6.